The van der Waals surface area contributed by atoms with E-state index in [0.29, 0.717) is 6.92 Å². The molecule has 18 heavy (non-hydrogen) atoms. The average Bonchev–Trinajstić information content (AvgIpc) is 2.13. The highest BCUT2D eigenvalue weighted by molar-refractivity contribution is 6.30. The van der Waals surface area contributed by atoms with E-state index < -0.39 is 23.4 Å². The normalized spacial score (nSPS) is 15.1. The summed E-state index contributed by atoms with van der Waals surface area (Å²) in [5, 5.41) is 1.80. The summed E-state index contributed by atoms with van der Waals surface area (Å²) in [6.45, 7) is 0.517. The zero-order valence-corrected chi connectivity index (χ0v) is 9.86. The number of alkyl halides is 3. The molecule has 1 rings (SSSR count). The van der Waals surface area contributed by atoms with Crippen molar-refractivity contribution >= 4 is 23.2 Å². The van der Waals surface area contributed by atoms with Gasteiger partial charge in [0.05, 0.1) is 0 Å². The molecule has 8 heteroatoms. The van der Waals surface area contributed by atoms with Crippen molar-refractivity contribution in [2.75, 3.05) is 5.32 Å². The van der Waals surface area contributed by atoms with E-state index in [-0.39, 0.29) is 10.7 Å². The van der Waals surface area contributed by atoms with Gasteiger partial charge in [-0.25, -0.2) is 4.39 Å². The molecule has 1 unspecified atom stereocenters. The second-order valence-electron chi connectivity index (χ2n) is 3.81. The minimum atomic E-state index is -4.92. The number of hydrogen-bond donors (Lipinski definition) is 2. The van der Waals surface area contributed by atoms with E-state index in [4.69, 9.17) is 17.3 Å². The van der Waals surface area contributed by atoms with E-state index in [0.717, 1.165) is 18.2 Å². The summed E-state index contributed by atoms with van der Waals surface area (Å²) in [4.78, 5) is 11.4. The summed E-state index contributed by atoms with van der Waals surface area (Å²) in [5.74, 6) is -2.29. The minimum absolute atomic E-state index is 0.0592. The predicted molar refractivity (Wildman–Crippen MR) is 58.7 cm³/mol. The van der Waals surface area contributed by atoms with E-state index in [9.17, 15) is 22.4 Å². The van der Waals surface area contributed by atoms with Gasteiger partial charge in [-0.3, -0.25) is 4.79 Å². The lowest BCUT2D eigenvalue weighted by Crippen LogP contribution is -2.59. The number of halogens is 5. The van der Waals surface area contributed by atoms with Crippen molar-refractivity contribution in [2.24, 2.45) is 5.73 Å². The highest BCUT2D eigenvalue weighted by Crippen LogP contribution is 2.29. The Hall–Kier alpha value is -1.34. The van der Waals surface area contributed by atoms with Gasteiger partial charge in [0, 0.05) is 10.7 Å². The molecule has 0 radical (unpaired) electrons. The summed E-state index contributed by atoms with van der Waals surface area (Å²) in [6, 6.07) is 2.88. The second kappa shape index (κ2) is 4.74. The molecule has 0 aromatic heterocycles. The van der Waals surface area contributed by atoms with Crippen LogP contribution in [0.5, 0.6) is 0 Å². The minimum Gasteiger partial charge on any atom is -0.324 e. The fourth-order valence-electron chi connectivity index (χ4n) is 1.02. The van der Waals surface area contributed by atoms with Crippen molar-refractivity contribution < 1.29 is 22.4 Å². The third-order valence-corrected chi connectivity index (χ3v) is 2.40. The maximum atomic E-state index is 12.9. The zero-order valence-electron chi connectivity index (χ0n) is 9.11. The standard InChI is InChI=1S/C10H9ClF4N2O/c1-9(16,10(13,14)15)8(18)17-7-3-5(11)2-6(12)4-7/h2-4H,16H2,1H3,(H,17,18). The van der Waals surface area contributed by atoms with Crippen LogP contribution in [0.15, 0.2) is 18.2 Å². The molecule has 0 heterocycles. The Morgan fingerprint density at radius 3 is 2.33 bits per heavy atom. The summed E-state index contributed by atoms with van der Waals surface area (Å²) >= 11 is 5.49. The Labute approximate surface area is 105 Å². The molecule has 1 amide bonds. The second-order valence-corrected chi connectivity index (χ2v) is 4.25. The smallest absolute Gasteiger partial charge is 0.324 e. The molecule has 3 nitrogen and oxygen atoms in total. The number of carbonyl (C=O) groups excluding carboxylic acids is 1. The summed E-state index contributed by atoms with van der Waals surface area (Å²) in [7, 11) is 0. The molecule has 100 valence electrons. The molecule has 0 aliphatic heterocycles. The molecule has 1 atom stereocenters. The number of benzene rings is 1. The average molecular weight is 285 g/mol. The first kappa shape index (κ1) is 14.7. The summed E-state index contributed by atoms with van der Waals surface area (Å²) in [6.07, 6.45) is -4.92. The Balaban J connectivity index is 2.95. The first-order valence-electron chi connectivity index (χ1n) is 4.67. The van der Waals surface area contributed by atoms with Crippen molar-refractivity contribution in [1.29, 1.82) is 0 Å². The van der Waals surface area contributed by atoms with E-state index in [1.165, 1.54) is 0 Å². The zero-order chi connectivity index (χ0) is 14.1. The maximum absolute atomic E-state index is 12.9. The topological polar surface area (TPSA) is 55.1 Å². The summed E-state index contributed by atoms with van der Waals surface area (Å²) < 4.78 is 50.3. The lowest BCUT2D eigenvalue weighted by Gasteiger charge is -2.26. The fraction of sp³-hybridized carbons (Fsp3) is 0.300. The molecule has 1 aromatic carbocycles. The SMILES string of the molecule is CC(N)(C(=O)Nc1cc(F)cc(Cl)c1)C(F)(F)F. The van der Waals surface area contributed by atoms with Crippen LogP contribution in [0.1, 0.15) is 6.92 Å². The quantitative estimate of drug-likeness (QED) is 0.821. The monoisotopic (exact) mass is 284 g/mol. The number of rotatable bonds is 2. The Bertz CT molecular complexity index is 453. The largest absolute Gasteiger partial charge is 0.415 e. The van der Waals surface area contributed by atoms with Crippen LogP contribution in [0.25, 0.3) is 0 Å². The van der Waals surface area contributed by atoms with Crippen molar-refractivity contribution in [3.8, 4) is 0 Å². The molecular weight excluding hydrogens is 276 g/mol. The van der Waals surface area contributed by atoms with E-state index >= 15 is 0 Å². The van der Waals surface area contributed by atoms with Crippen LogP contribution in [-0.2, 0) is 4.79 Å². The van der Waals surface area contributed by atoms with Gasteiger partial charge in [-0.2, -0.15) is 13.2 Å². The van der Waals surface area contributed by atoms with Gasteiger partial charge in [0.2, 0.25) is 0 Å². The van der Waals surface area contributed by atoms with Crippen molar-refractivity contribution in [3.05, 3.63) is 29.0 Å². The first-order chi connectivity index (χ1) is 8.04. The van der Waals surface area contributed by atoms with Crippen molar-refractivity contribution in [2.45, 2.75) is 18.6 Å². The molecule has 0 spiro atoms. The molecule has 0 bridgehead atoms. The van der Waals surface area contributed by atoms with E-state index in [1.807, 2.05) is 5.32 Å². The molecule has 1 aromatic rings. The van der Waals surface area contributed by atoms with Gasteiger partial charge < -0.3 is 11.1 Å². The first-order valence-corrected chi connectivity index (χ1v) is 5.05. The molecule has 0 saturated heterocycles. The molecule has 0 aliphatic rings. The van der Waals surface area contributed by atoms with Crippen molar-refractivity contribution in [3.63, 3.8) is 0 Å². The van der Waals surface area contributed by atoms with Crippen LogP contribution in [0, 0.1) is 5.82 Å². The van der Waals surface area contributed by atoms with Gasteiger partial charge in [-0.05, 0) is 25.1 Å². The van der Waals surface area contributed by atoms with Gasteiger partial charge in [0.1, 0.15) is 5.82 Å². The van der Waals surface area contributed by atoms with Crippen LogP contribution >= 0.6 is 11.6 Å². The molecular formula is C10H9ClF4N2O. The maximum Gasteiger partial charge on any atom is 0.415 e. The number of hydrogen-bond acceptors (Lipinski definition) is 2. The molecule has 0 aliphatic carbocycles. The van der Waals surface area contributed by atoms with Crippen LogP contribution in [0.3, 0.4) is 0 Å². The van der Waals surface area contributed by atoms with Gasteiger partial charge in [-0.1, -0.05) is 11.6 Å². The summed E-state index contributed by atoms with van der Waals surface area (Å²) in [5.41, 5.74) is 1.62. The van der Waals surface area contributed by atoms with E-state index in [2.05, 4.69) is 0 Å². The number of anilines is 1. The molecule has 0 saturated carbocycles. The Kier molecular flexibility index (Phi) is 3.87. The molecule has 3 N–H and O–H groups in total. The van der Waals surface area contributed by atoms with Crippen LogP contribution in [-0.4, -0.2) is 17.6 Å². The Morgan fingerprint density at radius 2 is 1.89 bits per heavy atom. The van der Waals surface area contributed by atoms with Crippen LogP contribution < -0.4 is 11.1 Å². The highest BCUT2D eigenvalue weighted by atomic mass is 35.5. The number of nitrogens with one attached hydrogen (secondary N) is 1. The number of amides is 1. The highest BCUT2D eigenvalue weighted by Gasteiger charge is 2.53. The lowest BCUT2D eigenvalue weighted by molar-refractivity contribution is -0.184. The fourth-order valence-corrected chi connectivity index (χ4v) is 1.24. The lowest BCUT2D eigenvalue weighted by atomic mass is 10.0. The van der Waals surface area contributed by atoms with Crippen LogP contribution in [0.4, 0.5) is 23.2 Å². The number of carbonyl (C=O) groups is 1. The van der Waals surface area contributed by atoms with E-state index in [1.54, 1.807) is 0 Å². The van der Waals surface area contributed by atoms with Crippen molar-refractivity contribution in [1.82, 2.24) is 0 Å². The third-order valence-electron chi connectivity index (χ3n) is 2.18. The van der Waals surface area contributed by atoms with Gasteiger partial charge in [0.25, 0.3) is 5.91 Å². The van der Waals surface area contributed by atoms with Gasteiger partial charge in [0.15, 0.2) is 5.54 Å². The number of nitrogens with two attached hydrogens (primary N) is 1. The van der Waals surface area contributed by atoms with Crippen LogP contribution in [0.2, 0.25) is 5.02 Å². The van der Waals surface area contributed by atoms with Gasteiger partial charge in [-0.15, -0.1) is 0 Å². The van der Waals surface area contributed by atoms with Gasteiger partial charge >= 0.3 is 6.18 Å². The third kappa shape index (κ3) is 3.11. The Morgan fingerprint density at radius 1 is 1.33 bits per heavy atom. The molecule has 0 fully saturated rings. The predicted octanol–water partition coefficient (Wildman–Crippen LogP) is 2.70.